The molecule has 168 valence electrons. The van der Waals surface area contributed by atoms with E-state index in [1.54, 1.807) is 0 Å². The number of aliphatic imine (C=N–C) groups is 1. The van der Waals surface area contributed by atoms with Crippen LogP contribution in [0.2, 0.25) is 0 Å². The summed E-state index contributed by atoms with van der Waals surface area (Å²) in [7, 11) is 0. The summed E-state index contributed by atoms with van der Waals surface area (Å²) >= 11 is 0. The number of esters is 2. The van der Waals surface area contributed by atoms with Crippen molar-refractivity contribution in [3.63, 3.8) is 0 Å². The number of nitrogens with zero attached hydrogens (tertiary/aromatic N) is 1. The van der Waals surface area contributed by atoms with Crippen LogP contribution in [0.3, 0.4) is 0 Å². The van der Waals surface area contributed by atoms with E-state index in [4.69, 9.17) is 4.74 Å². The first-order chi connectivity index (χ1) is 14.1. The van der Waals surface area contributed by atoms with Gasteiger partial charge in [0.1, 0.15) is 6.04 Å². The van der Waals surface area contributed by atoms with Gasteiger partial charge in [-0.3, -0.25) is 9.79 Å². The average Bonchev–Trinajstić information content (AvgIpc) is 2.71. The second kappa shape index (κ2) is 17.5. The predicted molar refractivity (Wildman–Crippen MR) is 120 cm³/mol. The lowest BCUT2D eigenvalue weighted by Gasteiger charge is -2.20. The van der Waals surface area contributed by atoms with Crippen molar-refractivity contribution in [1.82, 2.24) is 5.32 Å². The molecule has 0 amide bonds. The highest BCUT2D eigenvalue weighted by Gasteiger charge is 2.24. The van der Waals surface area contributed by atoms with E-state index in [0.717, 1.165) is 18.7 Å². The summed E-state index contributed by atoms with van der Waals surface area (Å²) in [5.41, 5.74) is 0. The van der Waals surface area contributed by atoms with Crippen molar-refractivity contribution < 1.29 is 14.3 Å². The molecule has 0 aliphatic carbocycles. The molecule has 1 unspecified atom stereocenters. The highest BCUT2D eigenvalue weighted by atomic mass is 16.6. The summed E-state index contributed by atoms with van der Waals surface area (Å²) in [6, 6.07) is -0.433. The molecular weight excluding hydrogens is 364 g/mol. The predicted octanol–water partition coefficient (Wildman–Crippen LogP) is 6.10. The molecule has 0 bridgehead atoms. The molecule has 1 aliphatic rings. The van der Waals surface area contributed by atoms with E-state index >= 15 is 0 Å². The third kappa shape index (κ3) is 14.3. The maximum atomic E-state index is 12.0. The monoisotopic (exact) mass is 408 g/mol. The Kier molecular flexibility index (Phi) is 15.4. The van der Waals surface area contributed by atoms with Crippen LogP contribution in [0.1, 0.15) is 123 Å². The number of hydrogen-bond acceptors (Lipinski definition) is 5. The first-order valence-corrected chi connectivity index (χ1v) is 12.2. The van der Waals surface area contributed by atoms with Gasteiger partial charge in [-0.2, -0.15) is 0 Å². The van der Waals surface area contributed by atoms with Crippen LogP contribution < -0.4 is 5.32 Å². The Hall–Kier alpha value is -1.39. The Balaban J connectivity index is 1.84. The first-order valence-electron chi connectivity index (χ1n) is 12.2. The Bertz CT molecular complexity index is 477. The van der Waals surface area contributed by atoms with Gasteiger partial charge in [0.25, 0.3) is 0 Å². The maximum absolute atomic E-state index is 12.0. The van der Waals surface area contributed by atoms with Gasteiger partial charge in [0.05, 0.1) is 5.84 Å². The minimum atomic E-state index is -0.467. The normalized spacial score (nSPS) is 16.2. The molecule has 0 spiro atoms. The van der Waals surface area contributed by atoms with Crippen LogP contribution in [-0.4, -0.2) is 30.4 Å². The Morgan fingerprint density at radius 3 is 1.83 bits per heavy atom. The van der Waals surface area contributed by atoms with Crippen molar-refractivity contribution in [2.45, 2.75) is 129 Å². The molecule has 0 fully saturated rings. The minimum Gasteiger partial charge on any atom is -0.392 e. The Morgan fingerprint density at radius 1 is 0.862 bits per heavy atom. The lowest BCUT2D eigenvalue weighted by molar-refractivity contribution is -0.161. The number of ether oxygens (including phenoxy) is 1. The summed E-state index contributed by atoms with van der Waals surface area (Å²) < 4.78 is 4.96. The molecule has 1 rings (SSSR count). The van der Waals surface area contributed by atoms with E-state index in [2.05, 4.69) is 17.2 Å². The topological polar surface area (TPSA) is 67.8 Å². The number of hydrogen-bond donors (Lipinski definition) is 1. The third-order valence-electron chi connectivity index (χ3n) is 5.63. The molecular formula is C24H44N2O3. The van der Waals surface area contributed by atoms with Crippen LogP contribution >= 0.6 is 0 Å². The fraction of sp³-hybridized carbons (Fsp3) is 0.875. The fourth-order valence-electron chi connectivity index (χ4n) is 3.78. The van der Waals surface area contributed by atoms with Crippen molar-refractivity contribution in [3.05, 3.63) is 0 Å². The third-order valence-corrected chi connectivity index (χ3v) is 5.63. The number of carbonyl (C=O) groups excluding carboxylic acids is 2. The molecule has 1 heterocycles. The van der Waals surface area contributed by atoms with E-state index in [-0.39, 0.29) is 0 Å². The Morgan fingerprint density at radius 2 is 1.34 bits per heavy atom. The molecule has 0 aromatic rings. The molecule has 5 nitrogen and oxygen atoms in total. The Labute approximate surface area is 178 Å². The molecule has 5 heteroatoms. The van der Waals surface area contributed by atoms with E-state index in [9.17, 15) is 9.59 Å². The van der Waals surface area contributed by atoms with E-state index in [0.29, 0.717) is 19.4 Å². The second-order valence-electron chi connectivity index (χ2n) is 8.45. The van der Waals surface area contributed by atoms with Crippen molar-refractivity contribution in [3.8, 4) is 0 Å². The summed E-state index contributed by atoms with van der Waals surface area (Å²) in [5.74, 6) is -0.134. The van der Waals surface area contributed by atoms with Crippen LogP contribution in [0.4, 0.5) is 0 Å². The molecule has 1 aliphatic heterocycles. The van der Waals surface area contributed by atoms with Gasteiger partial charge in [-0.15, -0.1) is 0 Å². The van der Waals surface area contributed by atoms with Crippen molar-refractivity contribution in [1.29, 1.82) is 0 Å². The quantitative estimate of drug-likeness (QED) is 0.179. The highest BCUT2D eigenvalue weighted by molar-refractivity contribution is 5.92. The van der Waals surface area contributed by atoms with E-state index in [1.807, 2.05) is 6.92 Å². The van der Waals surface area contributed by atoms with Gasteiger partial charge in [-0.05, 0) is 19.8 Å². The lowest BCUT2D eigenvalue weighted by Crippen LogP contribution is -2.44. The van der Waals surface area contributed by atoms with Crippen LogP contribution in [0.5, 0.6) is 0 Å². The molecule has 29 heavy (non-hydrogen) atoms. The number of carbonyl (C=O) groups is 2. The average molecular weight is 409 g/mol. The van der Waals surface area contributed by atoms with Crippen LogP contribution in [0.25, 0.3) is 0 Å². The summed E-state index contributed by atoms with van der Waals surface area (Å²) in [6.45, 7) is 4.69. The van der Waals surface area contributed by atoms with Crippen LogP contribution in [0, 0.1) is 0 Å². The van der Waals surface area contributed by atoms with Gasteiger partial charge in [0.15, 0.2) is 0 Å². The fourth-order valence-corrected chi connectivity index (χ4v) is 3.78. The van der Waals surface area contributed by atoms with Crippen molar-refractivity contribution >= 4 is 17.8 Å². The largest absolute Gasteiger partial charge is 0.392 e. The SMILES string of the molecule is CCCCCCCCCCCCCCCCCC(=O)OC(=O)C1CCN=C(C)N1. The zero-order valence-corrected chi connectivity index (χ0v) is 19.0. The smallest absolute Gasteiger partial charge is 0.336 e. The zero-order valence-electron chi connectivity index (χ0n) is 19.0. The molecule has 1 N–H and O–H groups in total. The van der Waals surface area contributed by atoms with Gasteiger partial charge >= 0.3 is 11.9 Å². The second-order valence-corrected chi connectivity index (χ2v) is 8.45. The number of rotatable bonds is 17. The standard InChI is InChI=1S/C24H44N2O3/c1-3-4-5-6-7-8-9-10-11-12-13-14-15-16-17-18-23(27)29-24(28)22-19-20-25-21(2)26-22/h22H,3-20H2,1-2H3,(H,25,26). The first kappa shape index (κ1) is 25.6. The summed E-state index contributed by atoms with van der Waals surface area (Å²) in [4.78, 5) is 27.9. The number of unbranched alkanes of at least 4 members (excludes halogenated alkanes) is 14. The molecule has 0 aromatic heterocycles. The van der Waals surface area contributed by atoms with Gasteiger partial charge in [-0.25, -0.2) is 4.79 Å². The van der Waals surface area contributed by atoms with Crippen molar-refractivity contribution in [2.75, 3.05) is 6.54 Å². The number of amidine groups is 1. The van der Waals surface area contributed by atoms with E-state index < -0.39 is 18.0 Å². The molecule has 0 saturated heterocycles. The van der Waals surface area contributed by atoms with Crippen molar-refractivity contribution in [2.24, 2.45) is 4.99 Å². The molecule has 0 aromatic carbocycles. The summed E-state index contributed by atoms with van der Waals surface area (Å²) in [5, 5.41) is 2.97. The minimum absolute atomic E-state index is 0.337. The molecule has 0 radical (unpaired) electrons. The zero-order chi connectivity index (χ0) is 21.2. The van der Waals surface area contributed by atoms with Gasteiger partial charge in [-0.1, -0.05) is 96.8 Å². The molecule has 0 saturated carbocycles. The summed E-state index contributed by atoms with van der Waals surface area (Å²) in [6.07, 6.45) is 20.3. The van der Waals surface area contributed by atoms with Gasteiger partial charge in [0.2, 0.25) is 0 Å². The van der Waals surface area contributed by atoms with Gasteiger partial charge in [0, 0.05) is 13.0 Å². The number of nitrogens with one attached hydrogen (secondary N) is 1. The van der Waals surface area contributed by atoms with Crippen LogP contribution in [-0.2, 0) is 14.3 Å². The van der Waals surface area contributed by atoms with E-state index in [1.165, 1.54) is 83.5 Å². The molecule has 1 atom stereocenters. The van der Waals surface area contributed by atoms with Crippen LogP contribution in [0.15, 0.2) is 4.99 Å². The maximum Gasteiger partial charge on any atom is 0.336 e. The van der Waals surface area contributed by atoms with Gasteiger partial charge < -0.3 is 10.1 Å². The lowest BCUT2D eigenvalue weighted by atomic mass is 10.0. The highest BCUT2D eigenvalue weighted by Crippen LogP contribution is 2.14.